The minimum absolute atomic E-state index is 0.518. The van der Waals surface area contributed by atoms with E-state index in [1.165, 1.54) is 6.92 Å². The largest absolute Gasteiger partial charge is 0.479 e. The molecule has 0 saturated heterocycles. The molecule has 0 spiro atoms. The number of benzene rings is 2. The van der Waals surface area contributed by atoms with Crippen molar-refractivity contribution in [1.82, 2.24) is 0 Å². The molecule has 0 aliphatic carbocycles. The predicted molar refractivity (Wildman–Crippen MR) is 85.6 cm³/mol. The summed E-state index contributed by atoms with van der Waals surface area (Å²) in [4.78, 5) is 15.1. The van der Waals surface area contributed by atoms with Crippen LogP contribution in [0.1, 0.15) is 12.5 Å². The molecule has 0 unspecified atom stereocenters. The minimum Gasteiger partial charge on any atom is -0.479 e. The summed E-state index contributed by atoms with van der Waals surface area (Å²) < 4.78 is 6.23. The Morgan fingerprint density at radius 2 is 2.00 bits per heavy atom. The number of carbonyl (C=O) groups is 1. The second-order valence-electron chi connectivity index (χ2n) is 4.41. The van der Waals surface area contributed by atoms with Crippen LogP contribution in [-0.4, -0.2) is 23.4 Å². The number of aliphatic carboxylic acids is 1. The third kappa shape index (κ3) is 4.72. The third-order valence-corrected chi connectivity index (χ3v) is 3.20. The summed E-state index contributed by atoms with van der Waals surface area (Å²) in [6, 6.07) is 14.8. The number of hydrogen-bond donors (Lipinski definition) is 1. The molecule has 2 aromatic rings. The smallest absolute Gasteiger partial charge is 0.344 e. The van der Waals surface area contributed by atoms with Crippen LogP contribution in [0.4, 0.5) is 5.69 Å². The molecule has 0 aliphatic rings. The summed E-state index contributed by atoms with van der Waals surface area (Å²) in [5.74, 6) is -0.472. The van der Waals surface area contributed by atoms with Gasteiger partial charge >= 0.3 is 5.97 Å². The average Bonchev–Trinajstić information content (AvgIpc) is 2.46. The average molecular weight is 348 g/mol. The molecule has 0 aromatic heterocycles. The van der Waals surface area contributed by atoms with Crippen molar-refractivity contribution in [2.24, 2.45) is 4.99 Å². The van der Waals surface area contributed by atoms with Crippen LogP contribution in [0.3, 0.4) is 0 Å². The SMILES string of the molecule is C[C@H](Oc1ccc(C=Nc2cccc(Br)c2)cc1)C(=O)O. The highest BCUT2D eigenvalue weighted by molar-refractivity contribution is 9.10. The summed E-state index contributed by atoms with van der Waals surface area (Å²) in [6.45, 7) is 1.49. The van der Waals surface area contributed by atoms with Gasteiger partial charge in [-0.05, 0) is 55.0 Å². The number of carboxylic acid groups (broad SMARTS) is 1. The molecule has 1 atom stereocenters. The number of rotatable bonds is 5. The molecule has 0 bridgehead atoms. The van der Waals surface area contributed by atoms with Crippen molar-refractivity contribution in [2.45, 2.75) is 13.0 Å². The predicted octanol–water partition coefficient (Wildman–Crippen LogP) is 4.05. The van der Waals surface area contributed by atoms with Crippen molar-refractivity contribution in [2.75, 3.05) is 0 Å². The zero-order valence-corrected chi connectivity index (χ0v) is 12.9. The van der Waals surface area contributed by atoms with E-state index in [1.807, 2.05) is 36.4 Å². The molecule has 0 fully saturated rings. The van der Waals surface area contributed by atoms with Gasteiger partial charge in [-0.3, -0.25) is 4.99 Å². The van der Waals surface area contributed by atoms with Gasteiger partial charge in [0.05, 0.1) is 5.69 Å². The molecule has 1 N–H and O–H groups in total. The number of nitrogens with zero attached hydrogens (tertiary/aromatic N) is 1. The zero-order valence-electron chi connectivity index (χ0n) is 11.4. The van der Waals surface area contributed by atoms with Gasteiger partial charge in [0.25, 0.3) is 0 Å². The number of carboxylic acids is 1. The van der Waals surface area contributed by atoms with Crippen LogP contribution in [0.25, 0.3) is 0 Å². The summed E-state index contributed by atoms with van der Waals surface area (Å²) in [5.41, 5.74) is 1.76. The molecule has 0 radical (unpaired) electrons. The van der Waals surface area contributed by atoms with E-state index in [-0.39, 0.29) is 0 Å². The maximum atomic E-state index is 10.7. The van der Waals surface area contributed by atoms with Crippen molar-refractivity contribution in [3.05, 3.63) is 58.6 Å². The molecule has 2 aromatic carbocycles. The first kappa shape index (κ1) is 15.3. The van der Waals surface area contributed by atoms with E-state index in [9.17, 15) is 4.79 Å². The van der Waals surface area contributed by atoms with Crippen LogP contribution < -0.4 is 4.74 Å². The fourth-order valence-electron chi connectivity index (χ4n) is 1.59. The first-order chi connectivity index (χ1) is 10.0. The molecule has 108 valence electrons. The lowest BCUT2D eigenvalue weighted by molar-refractivity contribution is -0.144. The molecule has 0 aliphatic heterocycles. The van der Waals surface area contributed by atoms with Crippen molar-refractivity contribution in [3.8, 4) is 5.75 Å². The van der Waals surface area contributed by atoms with Gasteiger partial charge in [0.1, 0.15) is 5.75 Å². The Labute approximate surface area is 131 Å². The fraction of sp³-hybridized carbons (Fsp3) is 0.125. The van der Waals surface area contributed by atoms with Crippen LogP contribution in [0.2, 0.25) is 0 Å². The third-order valence-electron chi connectivity index (χ3n) is 2.71. The first-order valence-corrected chi connectivity index (χ1v) is 7.13. The molecule has 0 amide bonds. The zero-order chi connectivity index (χ0) is 15.2. The molecule has 0 saturated carbocycles. The van der Waals surface area contributed by atoms with Crippen LogP contribution in [0.5, 0.6) is 5.75 Å². The van der Waals surface area contributed by atoms with Gasteiger partial charge in [0, 0.05) is 10.7 Å². The van der Waals surface area contributed by atoms with E-state index in [4.69, 9.17) is 9.84 Å². The second-order valence-corrected chi connectivity index (χ2v) is 5.32. The highest BCUT2D eigenvalue weighted by atomic mass is 79.9. The van der Waals surface area contributed by atoms with Gasteiger partial charge in [-0.25, -0.2) is 4.79 Å². The first-order valence-electron chi connectivity index (χ1n) is 6.34. The molecular weight excluding hydrogens is 334 g/mol. The fourth-order valence-corrected chi connectivity index (χ4v) is 1.98. The van der Waals surface area contributed by atoms with E-state index in [0.717, 1.165) is 15.7 Å². The molecule has 4 nitrogen and oxygen atoms in total. The maximum Gasteiger partial charge on any atom is 0.344 e. The van der Waals surface area contributed by atoms with Gasteiger partial charge in [-0.2, -0.15) is 0 Å². The minimum atomic E-state index is -0.990. The van der Waals surface area contributed by atoms with Crippen molar-refractivity contribution in [1.29, 1.82) is 0 Å². The Morgan fingerprint density at radius 1 is 1.29 bits per heavy atom. The summed E-state index contributed by atoms with van der Waals surface area (Å²) >= 11 is 3.39. The van der Waals surface area contributed by atoms with Crippen molar-refractivity contribution >= 4 is 33.8 Å². The lowest BCUT2D eigenvalue weighted by Gasteiger charge is -2.09. The van der Waals surface area contributed by atoms with Crippen LogP contribution in [-0.2, 0) is 4.79 Å². The van der Waals surface area contributed by atoms with Gasteiger partial charge in [-0.15, -0.1) is 0 Å². The van der Waals surface area contributed by atoms with Crippen molar-refractivity contribution in [3.63, 3.8) is 0 Å². The quantitative estimate of drug-likeness (QED) is 0.830. The summed E-state index contributed by atoms with van der Waals surface area (Å²) in [7, 11) is 0. The molecule has 21 heavy (non-hydrogen) atoms. The molecular formula is C16H14BrNO3. The topological polar surface area (TPSA) is 58.9 Å². The maximum absolute atomic E-state index is 10.7. The molecule has 2 rings (SSSR count). The Morgan fingerprint density at radius 3 is 2.62 bits per heavy atom. The summed E-state index contributed by atoms with van der Waals surface area (Å²) in [5, 5.41) is 8.78. The van der Waals surface area contributed by atoms with E-state index in [0.29, 0.717) is 5.75 Å². The summed E-state index contributed by atoms with van der Waals surface area (Å²) in [6.07, 6.45) is 0.873. The number of hydrogen-bond acceptors (Lipinski definition) is 3. The molecule has 5 heteroatoms. The van der Waals surface area contributed by atoms with Crippen LogP contribution >= 0.6 is 15.9 Å². The van der Waals surface area contributed by atoms with E-state index in [1.54, 1.807) is 18.3 Å². The van der Waals surface area contributed by atoms with E-state index in [2.05, 4.69) is 20.9 Å². The Kier molecular flexibility index (Phi) is 5.11. The lowest BCUT2D eigenvalue weighted by atomic mass is 10.2. The van der Waals surface area contributed by atoms with Crippen molar-refractivity contribution < 1.29 is 14.6 Å². The van der Waals surface area contributed by atoms with Crippen LogP contribution in [0.15, 0.2) is 58.0 Å². The van der Waals surface area contributed by atoms with Gasteiger partial charge in [-0.1, -0.05) is 22.0 Å². The number of halogens is 1. The van der Waals surface area contributed by atoms with Crippen LogP contribution in [0, 0.1) is 0 Å². The number of ether oxygens (including phenoxy) is 1. The van der Waals surface area contributed by atoms with Gasteiger partial charge in [0.15, 0.2) is 6.10 Å². The van der Waals surface area contributed by atoms with Gasteiger partial charge < -0.3 is 9.84 Å². The molecule has 0 heterocycles. The van der Waals surface area contributed by atoms with E-state index >= 15 is 0 Å². The standard InChI is InChI=1S/C16H14BrNO3/c1-11(16(19)20)21-15-7-5-12(6-8-15)10-18-14-4-2-3-13(17)9-14/h2-11H,1H3,(H,19,20)/t11-/m0/s1. The monoisotopic (exact) mass is 347 g/mol. The van der Waals surface area contributed by atoms with E-state index < -0.39 is 12.1 Å². The Bertz CT molecular complexity index is 653. The lowest BCUT2D eigenvalue weighted by Crippen LogP contribution is -2.22. The number of aliphatic imine (C=N–C) groups is 1. The normalized spacial score (nSPS) is 12.3. The Hall–Kier alpha value is -2.14. The second kappa shape index (κ2) is 7.04. The highest BCUT2D eigenvalue weighted by Crippen LogP contribution is 2.19. The van der Waals surface area contributed by atoms with Gasteiger partial charge in [0.2, 0.25) is 0 Å². The highest BCUT2D eigenvalue weighted by Gasteiger charge is 2.11. The Balaban J connectivity index is 2.04.